The van der Waals surface area contributed by atoms with Gasteiger partial charge >= 0.3 is 5.97 Å². The predicted molar refractivity (Wildman–Crippen MR) is 64.2 cm³/mol. The zero-order valence-electron chi connectivity index (χ0n) is 10.5. The number of nitro groups is 2. The predicted octanol–water partition coefficient (Wildman–Crippen LogP) is 1.07. The van der Waals surface area contributed by atoms with Gasteiger partial charge in [-0.05, 0) is 18.9 Å². The molecule has 0 N–H and O–H groups in total. The summed E-state index contributed by atoms with van der Waals surface area (Å²) in [5, 5.41) is 32.8. The zero-order chi connectivity index (χ0) is 15.3. The number of hydrogen-bond acceptors (Lipinski definition) is 7. The van der Waals surface area contributed by atoms with Crippen LogP contribution in [0.5, 0.6) is 5.75 Å². The lowest BCUT2D eigenvalue weighted by Gasteiger charge is -2.09. The molecule has 9 nitrogen and oxygen atoms in total. The van der Waals surface area contributed by atoms with E-state index in [9.17, 15) is 30.1 Å². The van der Waals surface area contributed by atoms with E-state index in [1.807, 2.05) is 0 Å². The van der Waals surface area contributed by atoms with Gasteiger partial charge in [-0.3, -0.25) is 25.0 Å². The van der Waals surface area contributed by atoms with Gasteiger partial charge in [0.15, 0.2) is 0 Å². The van der Waals surface area contributed by atoms with Crippen LogP contribution in [0.15, 0.2) is 12.1 Å². The highest BCUT2D eigenvalue weighted by atomic mass is 16.6. The van der Waals surface area contributed by atoms with Crippen molar-refractivity contribution in [3.05, 3.63) is 37.9 Å². The second-order valence-electron chi connectivity index (χ2n) is 3.78. The van der Waals surface area contributed by atoms with Crippen LogP contribution >= 0.6 is 0 Å². The topological polar surface area (TPSA) is 136 Å². The summed E-state index contributed by atoms with van der Waals surface area (Å²) in [4.78, 5) is 30.6. The van der Waals surface area contributed by atoms with Gasteiger partial charge in [-0.2, -0.15) is 0 Å². The van der Waals surface area contributed by atoms with Crippen LogP contribution in [0, 0.1) is 20.2 Å². The quantitative estimate of drug-likeness (QED) is 0.432. The van der Waals surface area contributed by atoms with E-state index in [2.05, 4.69) is 4.74 Å². The Morgan fingerprint density at radius 1 is 1.20 bits per heavy atom. The summed E-state index contributed by atoms with van der Waals surface area (Å²) in [7, 11) is 0. The fourth-order valence-corrected chi connectivity index (χ4v) is 1.55. The smallest absolute Gasteiger partial charge is 0.306 e. The maximum atomic E-state index is 11.5. The van der Waals surface area contributed by atoms with Crippen molar-refractivity contribution in [3.8, 4) is 5.75 Å². The number of ether oxygens (including phenoxy) is 1. The van der Waals surface area contributed by atoms with Gasteiger partial charge < -0.3 is 9.84 Å². The Morgan fingerprint density at radius 3 is 2.10 bits per heavy atom. The van der Waals surface area contributed by atoms with Crippen molar-refractivity contribution in [1.29, 1.82) is 0 Å². The summed E-state index contributed by atoms with van der Waals surface area (Å²) < 4.78 is 4.67. The lowest BCUT2D eigenvalue weighted by Crippen LogP contribution is -2.07. The molecule has 0 saturated heterocycles. The molecule has 0 aromatic heterocycles. The maximum Gasteiger partial charge on any atom is 0.306 e. The van der Waals surface area contributed by atoms with Crippen molar-refractivity contribution in [1.82, 2.24) is 0 Å². The number of carbonyl (C=O) groups excluding carboxylic acids is 1. The average Bonchev–Trinajstić information content (AvgIpc) is 2.37. The fraction of sp³-hybridized carbons (Fsp3) is 0.364. The first-order valence-corrected chi connectivity index (χ1v) is 5.65. The second kappa shape index (κ2) is 6.45. The van der Waals surface area contributed by atoms with E-state index in [-0.39, 0.29) is 25.0 Å². The molecule has 108 valence electrons. The van der Waals surface area contributed by atoms with Gasteiger partial charge in [0.1, 0.15) is 0 Å². The van der Waals surface area contributed by atoms with E-state index >= 15 is 0 Å². The number of carbonyl (C=O) groups is 1. The minimum atomic E-state index is -1.25. The van der Waals surface area contributed by atoms with Crippen LogP contribution in [-0.4, -0.2) is 22.4 Å². The third-order valence-corrected chi connectivity index (χ3v) is 2.43. The monoisotopic (exact) mass is 283 g/mol. The summed E-state index contributed by atoms with van der Waals surface area (Å²) in [6.07, 6.45) is -0.0683. The van der Waals surface area contributed by atoms with E-state index < -0.39 is 32.9 Å². The summed E-state index contributed by atoms with van der Waals surface area (Å²) in [5.74, 6) is -1.77. The lowest BCUT2D eigenvalue weighted by atomic mass is 10.1. The number of nitro benzene ring substituents is 2. The van der Waals surface area contributed by atoms with Crippen LogP contribution in [0.1, 0.15) is 18.9 Å². The van der Waals surface area contributed by atoms with Crippen molar-refractivity contribution in [2.24, 2.45) is 0 Å². The molecule has 0 aliphatic heterocycles. The summed E-state index contributed by atoms with van der Waals surface area (Å²) >= 11 is 0. The van der Waals surface area contributed by atoms with E-state index in [1.54, 1.807) is 6.92 Å². The van der Waals surface area contributed by atoms with Crippen LogP contribution in [0.4, 0.5) is 11.4 Å². The SMILES string of the molecule is CCOC(=O)CCc1cc([N+](=O)[O-])c([O-])c([N+](=O)[O-])c1. The Labute approximate surface area is 113 Å². The molecule has 0 atom stereocenters. The van der Waals surface area contributed by atoms with Crippen molar-refractivity contribution in [2.75, 3.05) is 6.61 Å². The highest BCUT2D eigenvalue weighted by Gasteiger charge is 2.20. The van der Waals surface area contributed by atoms with Crippen LogP contribution in [0.25, 0.3) is 0 Å². The minimum absolute atomic E-state index is 0.0147. The Kier molecular flexibility index (Phi) is 4.95. The number of esters is 1. The van der Waals surface area contributed by atoms with Crippen molar-refractivity contribution in [2.45, 2.75) is 19.8 Å². The van der Waals surface area contributed by atoms with E-state index in [1.165, 1.54) is 0 Å². The molecule has 0 radical (unpaired) electrons. The molecule has 0 aliphatic carbocycles. The van der Waals surface area contributed by atoms with Crippen LogP contribution in [0.2, 0.25) is 0 Å². The first-order chi connectivity index (χ1) is 9.36. The maximum absolute atomic E-state index is 11.5. The van der Waals surface area contributed by atoms with Crippen molar-refractivity contribution >= 4 is 17.3 Å². The van der Waals surface area contributed by atoms with Gasteiger partial charge in [0.25, 0.3) is 11.4 Å². The van der Waals surface area contributed by atoms with Gasteiger partial charge in [0, 0.05) is 18.6 Å². The molecule has 0 aliphatic rings. The molecule has 1 aromatic carbocycles. The second-order valence-corrected chi connectivity index (χ2v) is 3.78. The van der Waals surface area contributed by atoms with E-state index in [4.69, 9.17) is 0 Å². The normalized spacial score (nSPS) is 10.1. The molecule has 0 bridgehead atoms. The van der Waals surface area contributed by atoms with Gasteiger partial charge in [-0.15, -0.1) is 0 Å². The number of hydrogen-bond donors (Lipinski definition) is 0. The van der Waals surface area contributed by atoms with Gasteiger partial charge in [0.05, 0.1) is 22.2 Å². The summed E-state index contributed by atoms with van der Waals surface area (Å²) in [6.45, 7) is 1.82. The highest BCUT2D eigenvalue weighted by molar-refractivity contribution is 5.70. The average molecular weight is 283 g/mol. The number of rotatable bonds is 6. The summed E-state index contributed by atoms with van der Waals surface area (Å²) in [6, 6.07) is 1.88. The molecule has 0 amide bonds. The highest BCUT2D eigenvalue weighted by Crippen LogP contribution is 2.34. The van der Waals surface area contributed by atoms with E-state index in [0.29, 0.717) is 0 Å². The lowest BCUT2D eigenvalue weighted by molar-refractivity contribution is -0.416. The minimum Gasteiger partial charge on any atom is -0.863 e. The molecule has 1 rings (SSSR count). The fourth-order valence-electron chi connectivity index (χ4n) is 1.55. The summed E-state index contributed by atoms with van der Waals surface area (Å²) in [5.41, 5.74) is -1.59. The molecule has 0 spiro atoms. The molecule has 9 heteroatoms. The van der Waals surface area contributed by atoms with Crippen LogP contribution in [-0.2, 0) is 16.0 Å². The molecular formula is C11H11N2O7-. The van der Waals surface area contributed by atoms with E-state index in [0.717, 1.165) is 12.1 Å². The molecule has 0 fully saturated rings. The zero-order valence-corrected chi connectivity index (χ0v) is 10.5. The van der Waals surface area contributed by atoms with Gasteiger partial charge in [-0.25, -0.2) is 0 Å². The Hall–Kier alpha value is -2.71. The molecule has 0 heterocycles. The van der Waals surface area contributed by atoms with Crippen molar-refractivity contribution < 1.29 is 24.5 Å². The standard InChI is InChI=1S/C11H12N2O7/c1-2-20-10(14)4-3-7-5-8(12(16)17)11(15)9(6-7)13(18)19/h5-6,15H,2-4H2,1H3/p-1. The molecular weight excluding hydrogens is 272 g/mol. The molecule has 20 heavy (non-hydrogen) atoms. The first kappa shape index (κ1) is 15.3. The molecule has 0 unspecified atom stereocenters. The van der Waals surface area contributed by atoms with Gasteiger partial charge in [0.2, 0.25) is 0 Å². The Balaban J connectivity index is 3.05. The Morgan fingerprint density at radius 2 is 1.70 bits per heavy atom. The van der Waals surface area contributed by atoms with Crippen molar-refractivity contribution in [3.63, 3.8) is 0 Å². The van der Waals surface area contributed by atoms with Crippen LogP contribution < -0.4 is 5.11 Å². The molecule has 1 aromatic rings. The van der Waals surface area contributed by atoms with Crippen LogP contribution in [0.3, 0.4) is 0 Å². The first-order valence-electron chi connectivity index (χ1n) is 5.65. The number of benzene rings is 1. The Bertz CT molecular complexity index is 521. The van der Waals surface area contributed by atoms with Gasteiger partial charge in [-0.1, -0.05) is 0 Å². The number of nitrogens with zero attached hydrogens (tertiary/aromatic N) is 2. The third-order valence-electron chi connectivity index (χ3n) is 2.43. The largest absolute Gasteiger partial charge is 0.863 e. The molecule has 0 saturated carbocycles. The third kappa shape index (κ3) is 3.64. The number of aryl methyl sites for hydroxylation is 1.